The molecule has 1 saturated carbocycles. The summed E-state index contributed by atoms with van der Waals surface area (Å²) >= 11 is 0. The van der Waals surface area contributed by atoms with Crippen LogP contribution in [0.25, 0.3) is 27.8 Å². The van der Waals surface area contributed by atoms with Crippen LogP contribution in [-0.2, 0) is 16.1 Å². The second-order valence-corrected chi connectivity index (χ2v) is 16.5. The molecule has 2 fully saturated rings. The normalized spacial score (nSPS) is 20.0. The van der Waals surface area contributed by atoms with E-state index in [0.717, 1.165) is 62.5 Å². The number of nitrogens with zero attached hydrogens (tertiary/aromatic N) is 5. The maximum atomic E-state index is 14.6. The highest BCUT2D eigenvalue weighted by atomic mass is 19.1. The summed E-state index contributed by atoms with van der Waals surface area (Å²) < 4.78 is 22.8. The average molecular weight is 758 g/mol. The summed E-state index contributed by atoms with van der Waals surface area (Å²) in [6, 6.07) is 15.8. The molecule has 296 valence electrons. The van der Waals surface area contributed by atoms with E-state index in [9.17, 15) is 23.9 Å². The molecule has 3 heterocycles. The third-order valence-electron chi connectivity index (χ3n) is 10.6. The molecule has 13 heteroatoms. The smallest absolute Gasteiger partial charge is 0.337 e. The molecule has 1 amide bonds. The molecule has 55 heavy (non-hydrogen) atoms. The van der Waals surface area contributed by atoms with Crippen molar-refractivity contribution in [2.24, 2.45) is 5.92 Å². The van der Waals surface area contributed by atoms with Crippen LogP contribution in [0, 0.1) is 11.7 Å². The zero-order valence-corrected chi connectivity index (χ0v) is 32.9. The first kappa shape index (κ1) is 40.4. The van der Waals surface area contributed by atoms with Gasteiger partial charge in [-0.2, -0.15) is 0 Å². The van der Waals surface area contributed by atoms with Gasteiger partial charge >= 0.3 is 5.69 Å². The van der Waals surface area contributed by atoms with E-state index in [1.54, 1.807) is 6.07 Å². The number of ether oxygens (including phenoxy) is 1. The minimum Gasteiger partial charge on any atom is -0.356 e. The number of amides is 1. The molecule has 2 aromatic carbocycles. The molecule has 6 rings (SSSR count). The van der Waals surface area contributed by atoms with Crippen molar-refractivity contribution in [1.29, 1.82) is 0 Å². The standard InChI is InChI=1S/C42H56FN7O5/c1-27(2)36(46-40(53)55-42(3,4)5)38(51)45-32-15-17-33(18-16-32)50-39(52)35-24-31(43)25-44-37(35)49(41(50)54)34-10-7-9-30(23-34)29-13-11-28(12-14-29)26-48-20-8-19-47(6)21-22-48/h7,9-14,23-25,27,32-33,36,40,46,53H,8,15-22,26H2,1-6H3,(H,45,51)/t32?,33?,36-,40?/m1/s1. The highest BCUT2D eigenvalue weighted by Gasteiger charge is 2.32. The number of pyridine rings is 1. The molecule has 0 spiro atoms. The number of aliphatic hydroxyl groups excluding tert-OH is 1. The van der Waals surface area contributed by atoms with Crippen LogP contribution in [0.15, 0.2) is 70.4 Å². The highest BCUT2D eigenvalue weighted by Crippen LogP contribution is 2.29. The number of nitrogens with one attached hydrogen (secondary N) is 2. The van der Waals surface area contributed by atoms with Crippen LogP contribution >= 0.6 is 0 Å². The van der Waals surface area contributed by atoms with Crippen LogP contribution in [0.5, 0.6) is 0 Å². The van der Waals surface area contributed by atoms with Crippen molar-refractivity contribution < 1.29 is 19.0 Å². The minimum atomic E-state index is -1.32. The van der Waals surface area contributed by atoms with Gasteiger partial charge in [0.2, 0.25) is 12.3 Å². The van der Waals surface area contributed by atoms with Crippen LogP contribution in [0.1, 0.15) is 78.3 Å². The van der Waals surface area contributed by atoms with Gasteiger partial charge in [0.25, 0.3) is 5.56 Å². The summed E-state index contributed by atoms with van der Waals surface area (Å²) in [5.41, 5.74) is 1.98. The van der Waals surface area contributed by atoms with E-state index in [4.69, 9.17) is 4.74 Å². The molecule has 1 saturated heterocycles. The van der Waals surface area contributed by atoms with Crippen LogP contribution in [0.3, 0.4) is 0 Å². The Balaban J connectivity index is 1.22. The number of hydrogen-bond acceptors (Lipinski definition) is 9. The average Bonchev–Trinajstić information content (AvgIpc) is 3.34. The zero-order valence-electron chi connectivity index (χ0n) is 32.9. The lowest BCUT2D eigenvalue weighted by atomic mass is 9.90. The Morgan fingerprint density at radius 1 is 0.982 bits per heavy atom. The minimum absolute atomic E-state index is 0.0198. The molecule has 1 aliphatic carbocycles. The largest absolute Gasteiger partial charge is 0.356 e. The molecule has 3 N–H and O–H groups in total. The molecule has 2 aliphatic rings. The number of rotatable bonds is 11. The Labute approximate surface area is 322 Å². The van der Waals surface area contributed by atoms with E-state index in [0.29, 0.717) is 31.4 Å². The molecule has 1 unspecified atom stereocenters. The van der Waals surface area contributed by atoms with E-state index >= 15 is 0 Å². The van der Waals surface area contributed by atoms with E-state index in [-0.39, 0.29) is 28.9 Å². The summed E-state index contributed by atoms with van der Waals surface area (Å²) in [6.07, 6.45) is 2.80. The van der Waals surface area contributed by atoms with Crippen molar-refractivity contribution >= 4 is 16.9 Å². The van der Waals surface area contributed by atoms with Crippen molar-refractivity contribution in [3.63, 3.8) is 0 Å². The van der Waals surface area contributed by atoms with Gasteiger partial charge in [-0.15, -0.1) is 0 Å². The molecule has 2 aromatic heterocycles. The number of hydrogen-bond donors (Lipinski definition) is 3. The fourth-order valence-electron chi connectivity index (χ4n) is 7.74. The number of benzene rings is 2. The maximum Gasteiger partial charge on any atom is 0.337 e. The fourth-order valence-corrected chi connectivity index (χ4v) is 7.74. The summed E-state index contributed by atoms with van der Waals surface area (Å²) in [4.78, 5) is 50.8. The van der Waals surface area contributed by atoms with E-state index in [2.05, 4.69) is 56.7 Å². The topological polar surface area (TPSA) is 134 Å². The van der Waals surface area contributed by atoms with Gasteiger partial charge in [-0.3, -0.25) is 24.4 Å². The monoisotopic (exact) mass is 757 g/mol. The number of carbonyl (C=O) groups excluding carboxylic acids is 1. The van der Waals surface area contributed by atoms with Gasteiger partial charge in [0, 0.05) is 31.7 Å². The number of carbonyl (C=O) groups is 1. The lowest BCUT2D eigenvalue weighted by molar-refractivity contribution is -0.188. The van der Waals surface area contributed by atoms with E-state index < -0.39 is 41.2 Å². The number of aromatic nitrogens is 3. The first-order valence-electron chi connectivity index (χ1n) is 19.5. The Bertz CT molecular complexity index is 2070. The van der Waals surface area contributed by atoms with Gasteiger partial charge < -0.3 is 20.1 Å². The SMILES string of the molecule is CC(C)[C@@H](NC(O)OC(C)(C)C)C(=O)NC1CCC(n2c(=O)c3cc(F)cnc3n(-c3cccc(-c4ccc(CN5CCCN(C)CC5)cc4)c3)c2=O)CC1. The number of likely N-dealkylation sites (N-methyl/N-ethyl adjacent to an activating group) is 1. The predicted molar refractivity (Wildman–Crippen MR) is 212 cm³/mol. The lowest BCUT2D eigenvalue weighted by Crippen LogP contribution is -2.55. The van der Waals surface area contributed by atoms with Crippen molar-refractivity contribution in [1.82, 2.24) is 34.6 Å². The van der Waals surface area contributed by atoms with Gasteiger partial charge in [-0.05, 0) is 114 Å². The molecule has 0 bridgehead atoms. The number of aliphatic hydroxyl groups is 1. The first-order valence-corrected chi connectivity index (χ1v) is 19.5. The Morgan fingerprint density at radius 2 is 1.71 bits per heavy atom. The van der Waals surface area contributed by atoms with Crippen LogP contribution < -0.4 is 21.9 Å². The molecule has 2 atom stereocenters. The maximum absolute atomic E-state index is 14.6. The molecular formula is C42H56FN7O5. The van der Waals surface area contributed by atoms with E-state index in [1.807, 2.05) is 52.8 Å². The van der Waals surface area contributed by atoms with Crippen LogP contribution in [0.2, 0.25) is 0 Å². The summed E-state index contributed by atoms with van der Waals surface area (Å²) in [7, 11) is 2.17. The number of halogens is 1. The van der Waals surface area contributed by atoms with Crippen molar-refractivity contribution in [3.8, 4) is 16.8 Å². The zero-order chi connectivity index (χ0) is 39.4. The fraction of sp³-hybridized carbons (Fsp3) is 0.524. The summed E-state index contributed by atoms with van der Waals surface area (Å²) in [6.45, 7) is 14.4. The Morgan fingerprint density at radius 3 is 2.40 bits per heavy atom. The van der Waals surface area contributed by atoms with Crippen molar-refractivity contribution in [2.75, 3.05) is 33.2 Å². The summed E-state index contributed by atoms with van der Waals surface area (Å²) in [5.74, 6) is -1.06. The summed E-state index contributed by atoms with van der Waals surface area (Å²) in [5, 5.41) is 16.4. The molecule has 0 radical (unpaired) electrons. The molecule has 12 nitrogen and oxygen atoms in total. The number of fused-ring (bicyclic) bond motifs is 1. The second kappa shape index (κ2) is 17.3. The quantitative estimate of drug-likeness (QED) is 0.185. The van der Waals surface area contributed by atoms with Crippen LogP contribution in [-0.4, -0.2) is 92.3 Å². The Hall–Kier alpha value is -4.27. The molecule has 4 aromatic rings. The first-order chi connectivity index (χ1) is 26.2. The van der Waals surface area contributed by atoms with Gasteiger partial charge in [-0.25, -0.2) is 18.7 Å². The lowest BCUT2D eigenvalue weighted by Gasteiger charge is -2.33. The highest BCUT2D eigenvalue weighted by molar-refractivity contribution is 5.82. The molecule has 1 aliphatic heterocycles. The second-order valence-electron chi connectivity index (χ2n) is 16.5. The van der Waals surface area contributed by atoms with Gasteiger partial charge in [0.15, 0.2) is 5.65 Å². The van der Waals surface area contributed by atoms with Gasteiger partial charge in [-0.1, -0.05) is 50.2 Å². The van der Waals surface area contributed by atoms with Crippen molar-refractivity contribution in [2.45, 2.75) is 103 Å². The predicted octanol–water partition coefficient (Wildman–Crippen LogP) is 4.80. The third-order valence-corrected chi connectivity index (χ3v) is 10.6. The Kier molecular flexibility index (Phi) is 12.7. The van der Waals surface area contributed by atoms with E-state index in [1.165, 1.54) is 14.7 Å². The molecular weight excluding hydrogens is 702 g/mol. The van der Waals surface area contributed by atoms with Crippen LogP contribution in [0.4, 0.5) is 4.39 Å². The third kappa shape index (κ3) is 9.95. The van der Waals surface area contributed by atoms with Gasteiger partial charge in [0.05, 0.1) is 28.9 Å². The van der Waals surface area contributed by atoms with Crippen molar-refractivity contribution in [3.05, 3.63) is 93.0 Å². The van der Waals surface area contributed by atoms with Gasteiger partial charge in [0.1, 0.15) is 5.82 Å².